The van der Waals surface area contributed by atoms with Gasteiger partial charge in [-0.05, 0) is 29.7 Å². The zero-order valence-electron chi connectivity index (χ0n) is 11.6. The first-order valence-electron chi connectivity index (χ1n) is 6.83. The van der Waals surface area contributed by atoms with Crippen molar-refractivity contribution in [2.75, 3.05) is 6.54 Å². The van der Waals surface area contributed by atoms with Crippen molar-refractivity contribution in [2.45, 2.75) is 26.1 Å². The molecule has 1 aliphatic rings. The Morgan fingerprint density at radius 3 is 3.00 bits per heavy atom. The molecule has 1 aromatic heterocycles. The minimum Gasteiger partial charge on any atom is -0.508 e. The summed E-state index contributed by atoms with van der Waals surface area (Å²) in [5.41, 5.74) is 8.31. The standard InChI is InChI=1S/C14H17N5O2/c15-6-12-8-19(17-16-12)9-14(21)18-4-3-10-1-2-13(20)5-11(10)7-18/h1-2,5,8,20H,3-4,6-7,9,15H2. The average molecular weight is 287 g/mol. The van der Waals surface area contributed by atoms with Crippen molar-refractivity contribution in [1.82, 2.24) is 19.9 Å². The molecule has 2 heterocycles. The maximum Gasteiger partial charge on any atom is 0.244 e. The molecule has 0 aliphatic carbocycles. The van der Waals surface area contributed by atoms with E-state index in [1.807, 2.05) is 6.07 Å². The fraction of sp³-hybridized carbons (Fsp3) is 0.357. The number of hydrogen-bond donors (Lipinski definition) is 2. The maximum atomic E-state index is 12.3. The fourth-order valence-corrected chi connectivity index (χ4v) is 2.50. The molecule has 0 unspecified atom stereocenters. The van der Waals surface area contributed by atoms with E-state index in [0.717, 1.165) is 12.0 Å². The SMILES string of the molecule is NCc1cn(CC(=O)N2CCc3ccc(O)cc3C2)nn1. The van der Waals surface area contributed by atoms with Gasteiger partial charge in [0.1, 0.15) is 12.3 Å². The summed E-state index contributed by atoms with van der Waals surface area (Å²) in [5.74, 6) is 0.212. The molecule has 0 bridgehead atoms. The monoisotopic (exact) mass is 287 g/mol. The van der Waals surface area contributed by atoms with Crippen LogP contribution in [0.25, 0.3) is 0 Å². The van der Waals surface area contributed by atoms with Crippen molar-refractivity contribution in [1.29, 1.82) is 0 Å². The minimum atomic E-state index is -0.0162. The highest BCUT2D eigenvalue weighted by molar-refractivity contribution is 5.76. The zero-order valence-corrected chi connectivity index (χ0v) is 11.6. The predicted molar refractivity (Wildman–Crippen MR) is 75.1 cm³/mol. The highest BCUT2D eigenvalue weighted by atomic mass is 16.3. The van der Waals surface area contributed by atoms with Gasteiger partial charge in [0.2, 0.25) is 5.91 Å². The minimum absolute atomic E-state index is 0.0162. The molecule has 0 fully saturated rings. The molecule has 21 heavy (non-hydrogen) atoms. The Balaban J connectivity index is 1.69. The number of hydrogen-bond acceptors (Lipinski definition) is 5. The van der Waals surface area contributed by atoms with Gasteiger partial charge in [0, 0.05) is 19.6 Å². The van der Waals surface area contributed by atoms with Gasteiger partial charge in [-0.15, -0.1) is 5.10 Å². The van der Waals surface area contributed by atoms with E-state index in [1.165, 1.54) is 10.2 Å². The summed E-state index contributed by atoms with van der Waals surface area (Å²) in [4.78, 5) is 14.1. The quantitative estimate of drug-likeness (QED) is 0.830. The predicted octanol–water partition coefficient (Wildman–Crippen LogP) is 0.0273. The van der Waals surface area contributed by atoms with Gasteiger partial charge < -0.3 is 15.7 Å². The molecule has 3 N–H and O–H groups in total. The van der Waals surface area contributed by atoms with Gasteiger partial charge in [0.15, 0.2) is 0 Å². The van der Waals surface area contributed by atoms with Crippen molar-refractivity contribution in [3.8, 4) is 5.75 Å². The molecule has 0 radical (unpaired) electrons. The van der Waals surface area contributed by atoms with Crippen LogP contribution in [0.2, 0.25) is 0 Å². The number of aromatic hydroxyl groups is 1. The lowest BCUT2D eigenvalue weighted by atomic mass is 9.99. The summed E-state index contributed by atoms with van der Waals surface area (Å²) in [6, 6.07) is 5.31. The van der Waals surface area contributed by atoms with Crippen LogP contribution in [0.3, 0.4) is 0 Å². The number of aromatic nitrogens is 3. The smallest absolute Gasteiger partial charge is 0.244 e. The van der Waals surface area contributed by atoms with Gasteiger partial charge >= 0.3 is 0 Å². The molecule has 1 aliphatic heterocycles. The van der Waals surface area contributed by atoms with Crippen LogP contribution >= 0.6 is 0 Å². The van der Waals surface area contributed by atoms with E-state index in [2.05, 4.69) is 10.3 Å². The van der Waals surface area contributed by atoms with E-state index in [4.69, 9.17) is 5.73 Å². The van der Waals surface area contributed by atoms with Gasteiger partial charge in [-0.3, -0.25) is 4.79 Å². The third-order valence-corrected chi connectivity index (χ3v) is 3.65. The molecular weight excluding hydrogens is 270 g/mol. The van der Waals surface area contributed by atoms with E-state index in [-0.39, 0.29) is 18.2 Å². The lowest BCUT2D eigenvalue weighted by Gasteiger charge is -2.28. The number of nitrogens with zero attached hydrogens (tertiary/aromatic N) is 4. The van der Waals surface area contributed by atoms with Crippen molar-refractivity contribution >= 4 is 5.91 Å². The molecule has 0 saturated heterocycles. The molecule has 7 nitrogen and oxygen atoms in total. The lowest BCUT2D eigenvalue weighted by Crippen LogP contribution is -2.38. The number of amides is 1. The first kappa shape index (κ1) is 13.6. The van der Waals surface area contributed by atoms with Gasteiger partial charge in [0.05, 0.1) is 11.9 Å². The molecule has 0 spiro atoms. The number of rotatable bonds is 3. The highest BCUT2D eigenvalue weighted by Crippen LogP contribution is 2.23. The Morgan fingerprint density at radius 1 is 1.38 bits per heavy atom. The van der Waals surface area contributed by atoms with Crippen LogP contribution in [-0.4, -0.2) is 37.5 Å². The Labute approximate surface area is 122 Å². The van der Waals surface area contributed by atoms with Crippen molar-refractivity contribution < 1.29 is 9.90 Å². The van der Waals surface area contributed by atoms with E-state index in [0.29, 0.717) is 25.3 Å². The van der Waals surface area contributed by atoms with E-state index in [1.54, 1.807) is 23.2 Å². The molecule has 1 aromatic carbocycles. The topological polar surface area (TPSA) is 97.3 Å². The van der Waals surface area contributed by atoms with Gasteiger partial charge in [0.25, 0.3) is 0 Å². The summed E-state index contributed by atoms with van der Waals surface area (Å²) in [6.45, 7) is 1.65. The summed E-state index contributed by atoms with van der Waals surface area (Å²) in [5, 5.41) is 17.3. The molecule has 3 rings (SSSR count). The number of phenolic OH excluding ortho intramolecular Hbond substituents is 1. The number of carbonyl (C=O) groups is 1. The second kappa shape index (κ2) is 5.53. The molecule has 2 aromatic rings. The van der Waals surface area contributed by atoms with Crippen molar-refractivity contribution in [2.24, 2.45) is 5.73 Å². The molecule has 110 valence electrons. The Morgan fingerprint density at radius 2 is 2.24 bits per heavy atom. The number of benzene rings is 1. The second-order valence-corrected chi connectivity index (χ2v) is 5.13. The Kier molecular flexibility index (Phi) is 3.57. The number of nitrogens with two attached hydrogens (primary N) is 1. The highest BCUT2D eigenvalue weighted by Gasteiger charge is 2.21. The van der Waals surface area contributed by atoms with E-state index >= 15 is 0 Å². The third kappa shape index (κ3) is 2.87. The Hall–Kier alpha value is -2.41. The van der Waals surface area contributed by atoms with Crippen LogP contribution in [0.15, 0.2) is 24.4 Å². The largest absolute Gasteiger partial charge is 0.508 e. The van der Waals surface area contributed by atoms with Crippen molar-refractivity contribution in [3.63, 3.8) is 0 Å². The average Bonchev–Trinajstić information content (AvgIpc) is 2.94. The van der Waals surface area contributed by atoms with Gasteiger partial charge in [-0.2, -0.15) is 0 Å². The summed E-state index contributed by atoms with van der Waals surface area (Å²) >= 11 is 0. The summed E-state index contributed by atoms with van der Waals surface area (Å²) in [7, 11) is 0. The molecular formula is C14H17N5O2. The Bertz CT molecular complexity index is 667. The van der Waals surface area contributed by atoms with Crippen LogP contribution < -0.4 is 5.73 Å². The van der Waals surface area contributed by atoms with E-state index in [9.17, 15) is 9.90 Å². The fourth-order valence-electron chi connectivity index (χ4n) is 2.50. The van der Waals surface area contributed by atoms with Crippen LogP contribution in [-0.2, 0) is 30.8 Å². The van der Waals surface area contributed by atoms with Crippen LogP contribution in [0.1, 0.15) is 16.8 Å². The summed E-state index contributed by atoms with van der Waals surface area (Å²) < 4.78 is 1.50. The summed E-state index contributed by atoms with van der Waals surface area (Å²) in [6.07, 6.45) is 2.48. The second-order valence-electron chi connectivity index (χ2n) is 5.13. The molecule has 0 atom stereocenters. The lowest BCUT2D eigenvalue weighted by molar-refractivity contribution is -0.133. The zero-order chi connectivity index (χ0) is 14.8. The molecule has 0 saturated carbocycles. The van der Waals surface area contributed by atoms with Crippen LogP contribution in [0.5, 0.6) is 5.75 Å². The molecule has 7 heteroatoms. The number of carbonyl (C=O) groups excluding carboxylic acids is 1. The van der Waals surface area contributed by atoms with Crippen molar-refractivity contribution in [3.05, 3.63) is 41.2 Å². The van der Waals surface area contributed by atoms with Gasteiger partial charge in [-0.1, -0.05) is 11.3 Å². The van der Waals surface area contributed by atoms with Crippen LogP contribution in [0, 0.1) is 0 Å². The first-order chi connectivity index (χ1) is 10.2. The first-order valence-corrected chi connectivity index (χ1v) is 6.83. The number of fused-ring (bicyclic) bond motifs is 1. The van der Waals surface area contributed by atoms with Crippen LogP contribution in [0.4, 0.5) is 0 Å². The van der Waals surface area contributed by atoms with Gasteiger partial charge in [-0.25, -0.2) is 4.68 Å². The third-order valence-electron chi connectivity index (χ3n) is 3.65. The van der Waals surface area contributed by atoms with E-state index < -0.39 is 0 Å². The normalized spacial score (nSPS) is 14.0. The molecule has 1 amide bonds. The number of phenols is 1. The maximum absolute atomic E-state index is 12.3.